The number of methoxy groups -OCH3 is 2. The Kier molecular flexibility index (Phi) is 13.1. The molecular formula is C34H39ClNO2P. The molecule has 1 fully saturated rings. The van der Waals surface area contributed by atoms with E-state index in [0.29, 0.717) is 5.66 Å². The van der Waals surface area contributed by atoms with Gasteiger partial charge in [0, 0.05) is 25.2 Å². The lowest BCUT2D eigenvalue weighted by Gasteiger charge is -2.28. The molecule has 1 aliphatic carbocycles. The van der Waals surface area contributed by atoms with Crippen molar-refractivity contribution in [2.75, 3.05) is 27.3 Å². The molecule has 2 aliphatic rings. The highest BCUT2D eigenvalue weighted by Gasteiger charge is 2.33. The van der Waals surface area contributed by atoms with Gasteiger partial charge >= 0.3 is 0 Å². The van der Waals surface area contributed by atoms with Gasteiger partial charge in [-0.1, -0.05) is 85.0 Å². The smallest absolute Gasteiger partial charge is 0.123 e. The van der Waals surface area contributed by atoms with Crippen molar-refractivity contribution in [3.8, 4) is 0 Å². The summed E-state index contributed by atoms with van der Waals surface area (Å²) in [5, 5.41) is 2.84. The third kappa shape index (κ3) is 9.25. The summed E-state index contributed by atoms with van der Waals surface area (Å²) >= 11 is 0. The van der Waals surface area contributed by atoms with Crippen LogP contribution in [0.25, 0.3) is 0 Å². The second-order valence-electron chi connectivity index (χ2n) is 9.49. The summed E-state index contributed by atoms with van der Waals surface area (Å²) in [5.74, 6) is 0. The number of nitrogens with zero attached hydrogens (tertiary/aromatic N) is 1. The molecule has 1 atom stereocenters. The van der Waals surface area contributed by atoms with Gasteiger partial charge < -0.3 is 21.9 Å². The van der Waals surface area contributed by atoms with Crippen LogP contribution < -0.4 is 23.0 Å². The molecule has 5 rings (SSSR count). The van der Waals surface area contributed by atoms with Gasteiger partial charge in [-0.15, -0.1) is 0 Å². The first kappa shape index (κ1) is 30.4. The summed E-state index contributed by atoms with van der Waals surface area (Å²) in [5.41, 5.74) is 4.46. The normalized spacial score (nSPS) is 17.7. The maximum atomic E-state index is 5.30. The summed E-state index contributed by atoms with van der Waals surface area (Å²) in [6, 6.07) is 32.3. The molecule has 204 valence electrons. The maximum Gasteiger partial charge on any atom is 0.123 e. The molecule has 3 nitrogen and oxygen atoms in total. The van der Waals surface area contributed by atoms with Crippen LogP contribution in [0.2, 0.25) is 0 Å². The number of hydrogen-bond acceptors (Lipinski definition) is 3. The van der Waals surface area contributed by atoms with Gasteiger partial charge in [-0.05, 0) is 54.3 Å². The first-order chi connectivity index (χ1) is 18.8. The molecule has 0 N–H and O–H groups in total. The zero-order valence-electron chi connectivity index (χ0n) is 22.9. The Labute approximate surface area is 241 Å². The van der Waals surface area contributed by atoms with Gasteiger partial charge in [-0.3, -0.25) is 4.90 Å². The van der Waals surface area contributed by atoms with Crippen molar-refractivity contribution >= 4 is 18.5 Å². The first-order valence-corrected chi connectivity index (χ1v) is 14.9. The number of hydrogen-bond donors (Lipinski definition) is 0. The van der Waals surface area contributed by atoms with Gasteiger partial charge in [-0.25, -0.2) is 0 Å². The molecule has 3 aromatic carbocycles. The van der Waals surface area contributed by atoms with E-state index in [4.69, 9.17) is 9.47 Å². The van der Waals surface area contributed by atoms with Gasteiger partial charge in [-0.2, -0.15) is 0 Å². The van der Waals surface area contributed by atoms with E-state index in [0.717, 1.165) is 32.5 Å². The molecule has 0 saturated carbocycles. The molecule has 1 unspecified atom stereocenters. The molecular weight excluding hydrogens is 521 g/mol. The van der Waals surface area contributed by atoms with Crippen LogP contribution in [-0.4, -0.2) is 37.9 Å². The van der Waals surface area contributed by atoms with Crippen molar-refractivity contribution in [1.82, 2.24) is 4.90 Å². The molecule has 0 radical (unpaired) electrons. The lowest BCUT2D eigenvalue weighted by atomic mass is 10.0. The van der Waals surface area contributed by atoms with Gasteiger partial charge in [0.2, 0.25) is 0 Å². The molecule has 1 heterocycles. The van der Waals surface area contributed by atoms with Crippen LogP contribution in [0.3, 0.4) is 0 Å². The molecule has 1 saturated heterocycles. The number of allylic oxidation sites excluding steroid dienone is 5. The fraction of sp³-hybridized carbons (Fsp3) is 0.235. The van der Waals surface area contributed by atoms with Crippen molar-refractivity contribution < 1.29 is 21.9 Å². The topological polar surface area (TPSA) is 21.7 Å². The SMILES string of the molecule is COC=C1C=CC=CC1[PH+](c1ccccc1)c1ccccc1.COC=C1CCN(Cc2ccccc2)CC1.[Cl-]. The maximum absolute atomic E-state index is 5.30. The zero-order valence-corrected chi connectivity index (χ0v) is 24.6. The minimum absolute atomic E-state index is 0. The fourth-order valence-electron chi connectivity index (χ4n) is 4.95. The average Bonchev–Trinajstić information content (AvgIpc) is 2.98. The molecule has 0 amide bonds. The lowest BCUT2D eigenvalue weighted by Crippen LogP contribution is -3.00. The number of ether oxygens (including phenoxy) is 2. The Morgan fingerprint density at radius 1 is 0.744 bits per heavy atom. The molecule has 5 heteroatoms. The molecule has 0 aromatic heterocycles. The van der Waals surface area contributed by atoms with E-state index in [1.807, 2.05) is 12.5 Å². The van der Waals surface area contributed by atoms with Crippen LogP contribution >= 0.6 is 7.92 Å². The average molecular weight is 560 g/mol. The molecule has 1 aliphatic heterocycles. The van der Waals surface area contributed by atoms with Gasteiger partial charge in [0.1, 0.15) is 5.66 Å². The number of halogens is 1. The Morgan fingerprint density at radius 3 is 1.82 bits per heavy atom. The number of likely N-dealkylation sites (tertiary alicyclic amines) is 1. The quantitative estimate of drug-likeness (QED) is 0.326. The lowest BCUT2D eigenvalue weighted by molar-refractivity contribution is -0.00000803. The van der Waals surface area contributed by atoms with Crippen LogP contribution in [-0.2, 0) is 16.0 Å². The van der Waals surface area contributed by atoms with Gasteiger partial charge in [0.05, 0.1) is 45.3 Å². The van der Waals surface area contributed by atoms with E-state index >= 15 is 0 Å². The largest absolute Gasteiger partial charge is 1.00 e. The van der Waals surface area contributed by atoms with Crippen LogP contribution in [0.4, 0.5) is 0 Å². The van der Waals surface area contributed by atoms with Crippen molar-refractivity contribution in [2.45, 2.75) is 25.0 Å². The molecule has 0 bridgehead atoms. The van der Waals surface area contributed by atoms with Crippen molar-refractivity contribution in [3.05, 3.63) is 145 Å². The Hall–Kier alpha value is -3.10. The zero-order chi connectivity index (χ0) is 26.4. The highest BCUT2D eigenvalue weighted by Crippen LogP contribution is 2.45. The summed E-state index contributed by atoms with van der Waals surface area (Å²) in [6.45, 7) is 3.36. The van der Waals surface area contributed by atoms with E-state index in [-0.39, 0.29) is 12.4 Å². The minimum atomic E-state index is -0.957. The molecule has 3 aromatic rings. The van der Waals surface area contributed by atoms with E-state index in [9.17, 15) is 0 Å². The Morgan fingerprint density at radius 2 is 1.28 bits per heavy atom. The standard InChI is InChI=1S/C20H19OP.C14H19NO.ClH/c1-21-16-17-10-8-9-15-20(17)22(18-11-4-2-5-12-18)19-13-6-3-7-14-19;1-16-12-14-7-9-15(10-8-14)11-13-5-3-2-4-6-13;/h2-16,20H,1H3;2-6,12H,7-11H2,1H3;1H. The van der Waals surface area contributed by atoms with Crippen LogP contribution in [0.15, 0.2) is 139 Å². The van der Waals surface area contributed by atoms with Crippen LogP contribution in [0, 0.1) is 0 Å². The summed E-state index contributed by atoms with van der Waals surface area (Å²) in [7, 11) is 2.48. The summed E-state index contributed by atoms with van der Waals surface area (Å²) in [4.78, 5) is 2.50. The monoisotopic (exact) mass is 559 g/mol. The number of rotatable bonds is 7. The van der Waals surface area contributed by atoms with Crippen LogP contribution in [0.1, 0.15) is 18.4 Å². The Balaban J connectivity index is 0.000000220. The highest BCUT2D eigenvalue weighted by molar-refractivity contribution is 7.74. The minimum Gasteiger partial charge on any atom is -1.00 e. The number of benzene rings is 3. The van der Waals surface area contributed by atoms with E-state index < -0.39 is 7.92 Å². The fourth-order valence-corrected chi connectivity index (χ4v) is 7.91. The van der Waals surface area contributed by atoms with E-state index in [1.165, 1.54) is 27.3 Å². The van der Waals surface area contributed by atoms with E-state index in [2.05, 4.69) is 120 Å². The summed E-state index contributed by atoms with van der Waals surface area (Å²) < 4.78 is 10.4. The predicted octanol–water partition coefficient (Wildman–Crippen LogP) is 3.69. The molecule has 0 spiro atoms. The third-order valence-corrected chi connectivity index (χ3v) is 9.89. The van der Waals surface area contributed by atoms with Crippen molar-refractivity contribution in [2.24, 2.45) is 0 Å². The third-order valence-electron chi connectivity index (χ3n) is 6.83. The Bertz CT molecular complexity index is 1180. The first-order valence-electron chi connectivity index (χ1n) is 13.3. The van der Waals surface area contributed by atoms with Crippen LogP contribution in [0.5, 0.6) is 0 Å². The summed E-state index contributed by atoms with van der Waals surface area (Å²) in [6.07, 6.45) is 14.7. The van der Waals surface area contributed by atoms with Gasteiger partial charge in [0.15, 0.2) is 0 Å². The second-order valence-corrected chi connectivity index (χ2v) is 12.1. The van der Waals surface area contributed by atoms with Crippen molar-refractivity contribution in [1.29, 1.82) is 0 Å². The van der Waals surface area contributed by atoms with E-state index in [1.54, 1.807) is 14.2 Å². The predicted molar refractivity (Wildman–Crippen MR) is 164 cm³/mol. The highest BCUT2D eigenvalue weighted by atomic mass is 35.5. The van der Waals surface area contributed by atoms with Gasteiger partial charge in [0.25, 0.3) is 0 Å². The second kappa shape index (κ2) is 16.8. The van der Waals surface area contributed by atoms with Crippen molar-refractivity contribution in [3.63, 3.8) is 0 Å². The molecule has 39 heavy (non-hydrogen) atoms. The number of piperidine rings is 1.